The normalized spacial score (nSPS) is 24.4. The zero-order chi connectivity index (χ0) is 15.8. The highest BCUT2D eigenvalue weighted by Gasteiger charge is 2.43. The molecule has 0 aliphatic carbocycles. The predicted molar refractivity (Wildman–Crippen MR) is 71.0 cm³/mol. The lowest BCUT2D eigenvalue weighted by atomic mass is 9.98. The standard InChI is InChI=1S/C13H16F3NO3S/c1-2-21(19,20)17-8-9(18)7-12(17)10-5-3-4-6-11(10)13(14,15)16/h3-6,9,12,18H,2,7-8H2,1H3. The zero-order valence-electron chi connectivity index (χ0n) is 11.3. The molecular formula is C13H16F3NO3S. The lowest BCUT2D eigenvalue weighted by molar-refractivity contribution is -0.138. The molecule has 1 heterocycles. The maximum Gasteiger partial charge on any atom is 0.416 e. The Morgan fingerprint density at radius 1 is 1.33 bits per heavy atom. The topological polar surface area (TPSA) is 57.6 Å². The van der Waals surface area contributed by atoms with Crippen molar-refractivity contribution in [1.82, 2.24) is 4.31 Å². The minimum Gasteiger partial charge on any atom is -0.392 e. The molecule has 118 valence electrons. The monoisotopic (exact) mass is 323 g/mol. The number of β-amino-alcohol motifs (C(OH)–C–C–N with tert-alkyl or cyclic N) is 1. The average Bonchev–Trinajstić information content (AvgIpc) is 2.80. The fourth-order valence-electron chi connectivity index (χ4n) is 2.59. The van der Waals surface area contributed by atoms with Gasteiger partial charge in [0.25, 0.3) is 0 Å². The molecule has 0 spiro atoms. The summed E-state index contributed by atoms with van der Waals surface area (Å²) in [4.78, 5) is 0. The van der Waals surface area contributed by atoms with E-state index in [1.165, 1.54) is 25.1 Å². The van der Waals surface area contributed by atoms with Crippen LogP contribution in [-0.4, -0.2) is 36.2 Å². The molecule has 1 aromatic carbocycles. The average molecular weight is 323 g/mol. The third-order valence-electron chi connectivity index (χ3n) is 3.58. The number of rotatable bonds is 3. The van der Waals surface area contributed by atoms with E-state index in [4.69, 9.17) is 0 Å². The van der Waals surface area contributed by atoms with Crippen LogP contribution in [0.4, 0.5) is 13.2 Å². The second-order valence-corrected chi connectivity index (χ2v) is 7.17. The Hall–Kier alpha value is -1.12. The first-order valence-corrected chi connectivity index (χ1v) is 8.11. The molecule has 1 N–H and O–H groups in total. The van der Waals surface area contributed by atoms with Crippen molar-refractivity contribution >= 4 is 10.0 Å². The van der Waals surface area contributed by atoms with Gasteiger partial charge in [-0.05, 0) is 25.0 Å². The van der Waals surface area contributed by atoms with Crippen LogP contribution in [0, 0.1) is 0 Å². The van der Waals surface area contributed by atoms with Crippen LogP contribution in [0.1, 0.15) is 30.5 Å². The van der Waals surface area contributed by atoms with E-state index in [0.717, 1.165) is 10.4 Å². The van der Waals surface area contributed by atoms with Gasteiger partial charge in [-0.2, -0.15) is 17.5 Å². The number of hydrogen-bond acceptors (Lipinski definition) is 3. The number of alkyl halides is 3. The van der Waals surface area contributed by atoms with Crippen molar-refractivity contribution in [3.05, 3.63) is 35.4 Å². The Kier molecular flexibility index (Phi) is 4.32. The third kappa shape index (κ3) is 3.22. The fraction of sp³-hybridized carbons (Fsp3) is 0.538. The van der Waals surface area contributed by atoms with Gasteiger partial charge in [0, 0.05) is 6.54 Å². The Bertz CT molecular complexity index is 615. The Morgan fingerprint density at radius 3 is 2.52 bits per heavy atom. The van der Waals surface area contributed by atoms with Gasteiger partial charge in [0.15, 0.2) is 0 Å². The van der Waals surface area contributed by atoms with Crippen molar-refractivity contribution in [3.63, 3.8) is 0 Å². The van der Waals surface area contributed by atoms with Crippen LogP contribution in [-0.2, 0) is 16.2 Å². The van der Waals surface area contributed by atoms with E-state index < -0.39 is 33.9 Å². The van der Waals surface area contributed by atoms with E-state index in [2.05, 4.69) is 0 Å². The number of benzene rings is 1. The Balaban J connectivity index is 2.50. The van der Waals surface area contributed by atoms with Crippen LogP contribution >= 0.6 is 0 Å². The summed E-state index contributed by atoms with van der Waals surface area (Å²) in [6.07, 6.45) is -5.56. The van der Waals surface area contributed by atoms with Gasteiger partial charge in [0.1, 0.15) is 0 Å². The maximum absolute atomic E-state index is 13.1. The van der Waals surface area contributed by atoms with Crippen LogP contribution < -0.4 is 0 Å². The highest BCUT2D eigenvalue weighted by Crippen LogP contribution is 2.41. The summed E-state index contributed by atoms with van der Waals surface area (Å²) >= 11 is 0. The van der Waals surface area contributed by atoms with Crippen LogP contribution in [0.2, 0.25) is 0 Å². The number of sulfonamides is 1. The lowest BCUT2D eigenvalue weighted by Gasteiger charge is -2.25. The van der Waals surface area contributed by atoms with E-state index >= 15 is 0 Å². The van der Waals surface area contributed by atoms with Crippen molar-refractivity contribution in [2.24, 2.45) is 0 Å². The molecule has 0 radical (unpaired) electrons. The summed E-state index contributed by atoms with van der Waals surface area (Å²) < 4.78 is 64.2. The van der Waals surface area contributed by atoms with Gasteiger partial charge in [0.2, 0.25) is 10.0 Å². The molecule has 1 fully saturated rings. The number of aliphatic hydroxyl groups is 1. The number of nitrogens with zero attached hydrogens (tertiary/aromatic N) is 1. The van der Waals surface area contributed by atoms with Gasteiger partial charge < -0.3 is 5.11 Å². The molecule has 0 amide bonds. The minimum absolute atomic E-state index is 0.0354. The van der Waals surface area contributed by atoms with Gasteiger partial charge in [-0.25, -0.2) is 8.42 Å². The van der Waals surface area contributed by atoms with Crippen molar-refractivity contribution in [1.29, 1.82) is 0 Å². The Morgan fingerprint density at radius 2 is 1.95 bits per heavy atom. The molecule has 1 saturated heterocycles. The van der Waals surface area contributed by atoms with E-state index in [9.17, 15) is 26.7 Å². The molecule has 0 saturated carbocycles. The molecule has 8 heteroatoms. The SMILES string of the molecule is CCS(=O)(=O)N1CC(O)CC1c1ccccc1C(F)(F)F. The Labute approximate surface area is 121 Å². The molecular weight excluding hydrogens is 307 g/mol. The molecule has 2 unspecified atom stereocenters. The molecule has 2 atom stereocenters. The van der Waals surface area contributed by atoms with Gasteiger partial charge >= 0.3 is 6.18 Å². The summed E-state index contributed by atoms with van der Waals surface area (Å²) in [7, 11) is -3.68. The van der Waals surface area contributed by atoms with E-state index in [0.29, 0.717) is 0 Å². The second kappa shape index (κ2) is 5.58. The zero-order valence-corrected chi connectivity index (χ0v) is 12.2. The van der Waals surface area contributed by atoms with Crippen molar-refractivity contribution in [2.75, 3.05) is 12.3 Å². The van der Waals surface area contributed by atoms with Crippen molar-refractivity contribution in [2.45, 2.75) is 31.7 Å². The van der Waals surface area contributed by atoms with Crippen LogP contribution in [0.3, 0.4) is 0 Å². The minimum atomic E-state index is -4.56. The van der Waals surface area contributed by atoms with Gasteiger partial charge in [-0.15, -0.1) is 0 Å². The number of aliphatic hydroxyl groups excluding tert-OH is 1. The molecule has 1 aliphatic heterocycles. The summed E-state index contributed by atoms with van der Waals surface area (Å²) in [5.41, 5.74) is -0.973. The van der Waals surface area contributed by atoms with Crippen LogP contribution in [0.5, 0.6) is 0 Å². The molecule has 21 heavy (non-hydrogen) atoms. The van der Waals surface area contributed by atoms with Gasteiger partial charge in [0.05, 0.1) is 23.5 Å². The summed E-state index contributed by atoms with van der Waals surface area (Å²) in [5, 5.41) is 9.70. The fourth-order valence-corrected chi connectivity index (χ4v) is 3.90. The van der Waals surface area contributed by atoms with E-state index in [-0.39, 0.29) is 24.3 Å². The highest BCUT2D eigenvalue weighted by molar-refractivity contribution is 7.89. The third-order valence-corrected chi connectivity index (χ3v) is 5.43. The summed E-state index contributed by atoms with van der Waals surface area (Å²) in [6.45, 7) is 1.25. The second-order valence-electron chi connectivity index (χ2n) is 4.96. The lowest BCUT2D eigenvalue weighted by Crippen LogP contribution is -2.33. The van der Waals surface area contributed by atoms with Crippen molar-refractivity contribution in [3.8, 4) is 0 Å². The van der Waals surface area contributed by atoms with E-state index in [1.807, 2.05) is 0 Å². The first-order valence-electron chi connectivity index (χ1n) is 6.50. The first-order chi connectivity index (χ1) is 9.66. The highest BCUT2D eigenvalue weighted by atomic mass is 32.2. The number of hydrogen-bond donors (Lipinski definition) is 1. The maximum atomic E-state index is 13.1. The van der Waals surface area contributed by atoms with Crippen molar-refractivity contribution < 1.29 is 26.7 Å². The molecule has 4 nitrogen and oxygen atoms in total. The van der Waals surface area contributed by atoms with Crippen LogP contribution in [0.25, 0.3) is 0 Å². The largest absolute Gasteiger partial charge is 0.416 e. The molecule has 0 aromatic heterocycles. The van der Waals surface area contributed by atoms with Crippen LogP contribution in [0.15, 0.2) is 24.3 Å². The molecule has 1 aromatic rings. The van der Waals surface area contributed by atoms with Gasteiger partial charge in [-0.3, -0.25) is 0 Å². The predicted octanol–water partition coefficient (Wildman–Crippen LogP) is 2.16. The molecule has 0 bridgehead atoms. The van der Waals surface area contributed by atoms with E-state index in [1.54, 1.807) is 0 Å². The summed E-state index contributed by atoms with van der Waals surface area (Å²) in [6, 6.07) is 3.91. The quantitative estimate of drug-likeness (QED) is 0.927. The molecule has 1 aliphatic rings. The van der Waals surface area contributed by atoms with Gasteiger partial charge in [-0.1, -0.05) is 18.2 Å². The summed E-state index contributed by atoms with van der Waals surface area (Å²) in [5.74, 6) is -0.218. The number of halogens is 3. The molecule has 2 rings (SSSR count). The smallest absolute Gasteiger partial charge is 0.392 e. The first kappa shape index (κ1) is 16.3.